The predicted molar refractivity (Wildman–Crippen MR) is 103 cm³/mol. The Kier molecular flexibility index (Phi) is 4.55. The van der Waals surface area contributed by atoms with Gasteiger partial charge in [0, 0.05) is 24.6 Å². The molecule has 2 aromatic carbocycles. The monoisotopic (exact) mass is 332 g/mol. The van der Waals surface area contributed by atoms with E-state index in [-0.39, 0.29) is 0 Å². The van der Waals surface area contributed by atoms with Crippen molar-refractivity contribution in [2.24, 2.45) is 10.9 Å². The van der Waals surface area contributed by atoms with E-state index in [0.29, 0.717) is 12.5 Å². The van der Waals surface area contributed by atoms with Crippen molar-refractivity contribution in [2.75, 3.05) is 20.2 Å². The van der Waals surface area contributed by atoms with Crippen LogP contribution < -0.4 is 4.74 Å². The summed E-state index contributed by atoms with van der Waals surface area (Å²) in [5.41, 5.74) is 4.97. The molecule has 5 rings (SSSR count). The van der Waals surface area contributed by atoms with Crippen LogP contribution in [-0.4, -0.2) is 30.8 Å². The van der Waals surface area contributed by atoms with Crippen molar-refractivity contribution in [3.63, 3.8) is 0 Å². The van der Waals surface area contributed by atoms with Crippen LogP contribution in [0.2, 0.25) is 0 Å². The molecule has 0 atom stereocenters. The first kappa shape index (κ1) is 15.9. The van der Waals surface area contributed by atoms with Gasteiger partial charge >= 0.3 is 0 Å². The van der Waals surface area contributed by atoms with E-state index in [9.17, 15) is 0 Å². The number of benzene rings is 2. The van der Waals surface area contributed by atoms with E-state index in [1.54, 1.807) is 7.11 Å². The summed E-state index contributed by atoms with van der Waals surface area (Å²) in [6.45, 7) is 2.98. The molecule has 2 bridgehead atoms. The molecule has 2 aromatic rings. The summed E-state index contributed by atoms with van der Waals surface area (Å²) in [6.07, 6.45) is 4.74. The van der Waals surface area contributed by atoms with Gasteiger partial charge in [0.05, 0.1) is 25.1 Å². The number of hydrogen-bond acceptors (Lipinski definition) is 3. The van der Waals surface area contributed by atoms with E-state index >= 15 is 0 Å². The molecule has 128 valence electrons. The number of rotatable bonds is 4. The lowest BCUT2D eigenvalue weighted by Gasteiger charge is -2.43. The van der Waals surface area contributed by atoms with Crippen molar-refractivity contribution >= 4 is 11.8 Å². The number of fused-ring (bicyclic) bond motifs is 3. The Morgan fingerprint density at radius 2 is 1.76 bits per heavy atom. The van der Waals surface area contributed by atoms with E-state index < -0.39 is 0 Å². The maximum absolute atomic E-state index is 5.48. The molecule has 0 saturated carbocycles. The fraction of sp³-hybridized carbons (Fsp3) is 0.318. The lowest BCUT2D eigenvalue weighted by Crippen LogP contribution is -2.46. The highest BCUT2D eigenvalue weighted by Gasteiger charge is 2.34. The molecule has 0 N–H and O–H groups in total. The summed E-state index contributed by atoms with van der Waals surface area (Å²) in [4.78, 5) is 7.54. The molecule has 0 aliphatic carbocycles. The van der Waals surface area contributed by atoms with E-state index in [1.807, 2.05) is 12.1 Å². The molecular weight excluding hydrogens is 308 g/mol. The minimum Gasteiger partial charge on any atom is -0.496 e. The number of hydrogen-bond donors (Lipinski definition) is 0. The van der Waals surface area contributed by atoms with Gasteiger partial charge in [-0.1, -0.05) is 48.5 Å². The van der Waals surface area contributed by atoms with Gasteiger partial charge in [0.2, 0.25) is 0 Å². The number of allylic oxidation sites excluding steroid dienone is 1. The van der Waals surface area contributed by atoms with Crippen molar-refractivity contribution in [1.82, 2.24) is 4.90 Å². The van der Waals surface area contributed by atoms with E-state index in [0.717, 1.165) is 24.4 Å². The largest absolute Gasteiger partial charge is 0.496 e. The van der Waals surface area contributed by atoms with Crippen LogP contribution in [0.15, 0.2) is 65.3 Å². The van der Waals surface area contributed by atoms with Crippen LogP contribution >= 0.6 is 0 Å². The Morgan fingerprint density at radius 3 is 2.52 bits per heavy atom. The summed E-state index contributed by atoms with van der Waals surface area (Å²) in [7, 11) is 1.72. The molecule has 3 heterocycles. The summed E-state index contributed by atoms with van der Waals surface area (Å²) in [5, 5.41) is 0. The van der Waals surface area contributed by atoms with Gasteiger partial charge in [0.15, 0.2) is 0 Å². The molecule has 0 unspecified atom stereocenters. The number of nitrogens with zero attached hydrogens (tertiary/aromatic N) is 2. The van der Waals surface area contributed by atoms with Crippen molar-refractivity contribution in [2.45, 2.75) is 19.4 Å². The van der Waals surface area contributed by atoms with Crippen molar-refractivity contribution in [1.29, 1.82) is 0 Å². The molecule has 0 amide bonds. The third-order valence-corrected chi connectivity index (χ3v) is 5.20. The first-order valence-electron chi connectivity index (χ1n) is 9.03. The van der Waals surface area contributed by atoms with Crippen LogP contribution in [0.3, 0.4) is 0 Å². The van der Waals surface area contributed by atoms with E-state index in [2.05, 4.69) is 53.4 Å². The highest BCUT2D eigenvalue weighted by molar-refractivity contribution is 6.06. The lowest BCUT2D eigenvalue weighted by molar-refractivity contribution is 0.242. The SMILES string of the molecule is COc1ccccc1CN=C1/C(=C/c2ccccc2)N2CCC1CC2. The van der Waals surface area contributed by atoms with Gasteiger partial charge in [-0.2, -0.15) is 0 Å². The van der Waals surface area contributed by atoms with Crippen molar-refractivity contribution in [3.8, 4) is 5.75 Å². The highest BCUT2D eigenvalue weighted by atomic mass is 16.5. The number of methoxy groups -OCH3 is 1. The molecule has 3 fully saturated rings. The van der Waals surface area contributed by atoms with Gasteiger partial charge in [-0.15, -0.1) is 0 Å². The average Bonchev–Trinajstić information content (AvgIpc) is 2.69. The zero-order chi connectivity index (χ0) is 17.1. The molecular formula is C22H24N2O. The number of aliphatic imine (C=N–C) groups is 1. The topological polar surface area (TPSA) is 24.8 Å². The first-order chi connectivity index (χ1) is 12.3. The molecule has 3 saturated heterocycles. The Hall–Kier alpha value is -2.55. The molecule has 3 heteroatoms. The van der Waals surface area contributed by atoms with Crippen LogP contribution in [0.25, 0.3) is 6.08 Å². The van der Waals surface area contributed by atoms with Gasteiger partial charge in [0.25, 0.3) is 0 Å². The Balaban J connectivity index is 1.66. The minimum atomic E-state index is 0.592. The maximum atomic E-state index is 5.48. The second-order valence-electron chi connectivity index (χ2n) is 6.71. The molecule has 3 nitrogen and oxygen atoms in total. The van der Waals surface area contributed by atoms with Crippen molar-refractivity contribution in [3.05, 3.63) is 71.4 Å². The van der Waals surface area contributed by atoms with Crippen LogP contribution in [0.5, 0.6) is 5.75 Å². The standard InChI is InChI=1S/C22H24N2O/c1-25-21-10-6-5-9-19(21)16-23-22-18-11-13-24(14-12-18)20(22)15-17-7-3-2-4-8-17/h2-10,15,18H,11-14,16H2,1H3/b20-15-,23-22?. The zero-order valence-electron chi connectivity index (χ0n) is 14.7. The first-order valence-corrected chi connectivity index (χ1v) is 9.03. The molecule has 0 radical (unpaired) electrons. The van der Waals surface area contributed by atoms with Gasteiger partial charge in [0.1, 0.15) is 5.75 Å². The Labute approximate surface area is 149 Å². The quantitative estimate of drug-likeness (QED) is 0.829. The summed E-state index contributed by atoms with van der Waals surface area (Å²) in [6, 6.07) is 18.7. The fourth-order valence-electron chi connectivity index (χ4n) is 3.85. The third kappa shape index (κ3) is 3.32. The predicted octanol–water partition coefficient (Wildman–Crippen LogP) is 4.40. The maximum Gasteiger partial charge on any atom is 0.123 e. The number of piperidine rings is 3. The molecule has 25 heavy (non-hydrogen) atoms. The highest BCUT2D eigenvalue weighted by Crippen LogP contribution is 2.34. The molecule has 0 aromatic heterocycles. The second-order valence-corrected chi connectivity index (χ2v) is 6.71. The normalized spacial score (nSPS) is 20.4. The van der Waals surface area contributed by atoms with E-state index in [1.165, 1.54) is 29.8 Å². The van der Waals surface area contributed by atoms with Crippen LogP contribution in [0.4, 0.5) is 0 Å². The summed E-state index contributed by atoms with van der Waals surface area (Å²) < 4.78 is 5.48. The molecule has 3 aliphatic heterocycles. The summed E-state index contributed by atoms with van der Waals surface area (Å²) in [5.74, 6) is 1.51. The average molecular weight is 332 g/mol. The lowest BCUT2D eigenvalue weighted by atomic mass is 9.83. The Morgan fingerprint density at radius 1 is 1.04 bits per heavy atom. The number of ether oxygens (including phenoxy) is 1. The Bertz CT molecular complexity index is 787. The van der Waals surface area contributed by atoms with Crippen LogP contribution in [0, 0.1) is 5.92 Å². The van der Waals surface area contributed by atoms with Gasteiger partial charge in [-0.3, -0.25) is 4.99 Å². The van der Waals surface area contributed by atoms with Crippen LogP contribution in [-0.2, 0) is 6.54 Å². The minimum absolute atomic E-state index is 0.592. The summed E-state index contributed by atoms with van der Waals surface area (Å²) >= 11 is 0. The smallest absolute Gasteiger partial charge is 0.123 e. The van der Waals surface area contributed by atoms with Crippen molar-refractivity contribution < 1.29 is 4.74 Å². The fourth-order valence-corrected chi connectivity index (χ4v) is 3.85. The van der Waals surface area contributed by atoms with E-state index in [4.69, 9.17) is 9.73 Å². The van der Waals surface area contributed by atoms with Gasteiger partial charge in [-0.05, 0) is 30.5 Å². The number of para-hydroxylation sites is 1. The third-order valence-electron chi connectivity index (χ3n) is 5.20. The molecule has 0 spiro atoms. The van der Waals surface area contributed by atoms with Crippen LogP contribution in [0.1, 0.15) is 24.0 Å². The second kappa shape index (κ2) is 7.14. The zero-order valence-corrected chi connectivity index (χ0v) is 14.7. The van der Waals surface area contributed by atoms with Gasteiger partial charge < -0.3 is 9.64 Å². The molecule has 3 aliphatic rings. The van der Waals surface area contributed by atoms with Gasteiger partial charge in [-0.25, -0.2) is 0 Å².